The lowest BCUT2D eigenvalue weighted by Gasteiger charge is -2.12. The molecule has 0 bridgehead atoms. The highest BCUT2D eigenvalue weighted by atomic mass is 79.9. The Labute approximate surface area is 134 Å². The van der Waals surface area contributed by atoms with Crippen LogP contribution in [0.4, 0.5) is 5.69 Å². The van der Waals surface area contributed by atoms with E-state index >= 15 is 0 Å². The summed E-state index contributed by atoms with van der Waals surface area (Å²) in [5.41, 5.74) is 1.41. The molecule has 4 nitrogen and oxygen atoms in total. The first kappa shape index (κ1) is 15.3. The minimum Gasteiger partial charge on any atom is -0.508 e. The third kappa shape index (κ3) is 3.34. The summed E-state index contributed by atoms with van der Waals surface area (Å²) in [6, 6.07) is 9.12. The minimum absolute atomic E-state index is 0.00289. The Balaban J connectivity index is 2.44. The van der Waals surface area contributed by atoms with E-state index in [4.69, 9.17) is 0 Å². The van der Waals surface area contributed by atoms with Gasteiger partial charge in [-0.3, -0.25) is 4.72 Å². The fraction of sp³-hybridized carbons (Fsp3) is 0.0769. The maximum absolute atomic E-state index is 12.3. The molecule has 0 fully saturated rings. The number of aromatic hydroxyl groups is 1. The van der Waals surface area contributed by atoms with Crippen molar-refractivity contribution < 1.29 is 13.5 Å². The van der Waals surface area contributed by atoms with Gasteiger partial charge in [0.05, 0.1) is 10.6 Å². The molecule has 0 amide bonds. The van der Waals surface area contributed by atoms with Crippen LogP contribution in [0.15, 0.2) is 50.2 Å². The number of halogens is 2. The van der Waals surface area contributed by atoms with E-state index in [9.17, 15) is 13.5 Å². The van der Waals surface area contributed by atoms with Crippen molar-refractivity contribution in [3.8, 4) is 5.75 Å². The van der Waals surface area contributed by atoms with Crippen LogP contribution in [0.5, 0.6) is 5.75 Å². The number of sulfonamides is 1. The maximum atomic E-state index is 12.3. The normalized spacial score (nSPS) is 11.3. The van der Waals surface area contributed by atoms with Crippen molar-refractivity contribution in [2.75, 3.05) is 4.72 Å². The van der Waals surface area contributed by atoms with Crippen molar-refractivity contribution >= 4 is 47.6 Å². The molecule has 0 radical (unpaired) electrons. The summed E-state index contributed by atoms with van der Waals surface area (Å²) in [6.07, 6.45) is 0. The van der Waals surface area contributed by atoms with Crippen LogP contribution in [0.3, 0.4) is 0 Å². The lowest BCUT2D eigenvalue weighted by atomic mass is 10.2. The van der Waals surface area contributed by atoms with Crippen LogP contribution >= 0.6 is 31.9 Å². The topological polar surface area (TPSA) is 66.4 Å². The molecule has 20 heavy (non-hydrogen) atoms. The summed E-state index contributed by atoms with van der Waals surface area (Å²) < 4.78 is 28.3. The average molecular weight is 421 g/mol. The molecular weight excluding hydrogens is 410 g/mol. The van der Waals surface area contributed by atoms with Crippen LogP contribution < -0.4 is 4.72 Å². The van der Waals surface area contributed by atoms with Crippen molar-refractivity contribution in [2.24, 2.45) is 0 Å². The fourth-order valence-corrected chi connectivity index (χ4v) is 4.66. The lowest BCUT2D eigenvalue weighted by Crippen LogP contribution is -2.13. The molecule has 2 aromatic carbocycles. The van der Waals surface area contributed by atoms with Gasteiger partial charge in [0.15, 0.2) is 0 Å². The van der Waals surface area contributed by atoms with Gasteiger partial charge in [0.25, 0.3) is 10.0 Å². The van der Waals surface area contributed by atoms with Crippen molar-refractivity contribution in [3.63, 3.8) is 0 Å². The molecule has 0 saturated carbocycles. The molecule has 0 saturated heterocycles. The molecule has 0 unspecified atom stereocenters. The van der Waals surface area contributed by atoms with Crippen molar-refractivity contribution in [2.45, 2.75) is 11.8 Å². The van der Waals surface area contributed by atoms with Gasteiger partial charge < -0.3 is 5.11 Å². The summed E-state index contributed by atoms with van der Waals surface area (Å²) >= 11 is 6.66. The fourth-order valence-electron chi connectivity index (χ4n) is 1.64. The van der Waals surface area contributed by atoms with Gasteiger partial charge in [-0.05, 0) is 68.6 Å². The number of hydrogen-bond acceptors (Lipinski definition) is 3. The van der Waals surface area contributed by atoms with Crippen LogP contribution in [0, 0.1) is 6.92 Å². The standard InChI is InChI=1S/C13H11Br2NO3S/c1-8-5-11(14)13(12(15)6-8)16-20(18,19)10-4-2-3-9(17)7-10/h2-7,16-17H,1H3. The number of rotatable bonds is 3. The molecule has 2 aromatic rings. The van der Waals surface area contributed by atoms with Crippen LogP contribution in [0.1, 0.15) is 5.56 Å². The highest BCUT2D eigenvalue weighted by Gasteiger charge is 2.18. The van der Waals surface area contributed by atoms with Gasteiger partial charge >= 0.3 is 0 Å². The van der Waals surface area contributed by atoms with E-state index in [0.29, 0.717) is 14.6 Å². The molecule has 0 aliphatic rings. The summed E-state index contributed by atoms with van der Waals surface area (Å²) in [6.45, 7) is 1.91. The van der Waals surface area contributed by atoms with E-state index < -0.39 is 10.0 Å². The lowest BCUT2D eigenvalue weighted by molar-refractivity contribution is 0.473. The second-order valence-electron chi connectivity index (χ2n) is 4.21. The second-order valence-corrected chi connectivity index (χ2v) is 7.60. The van der Waals surface area contributed by atoms with Gasteiger partial charge in [-0.1, -0.05) is 6.07 Å². The van der Waals surface area contributed by atoms with Crippen molar-refractivity contribution in [1.29, 1.82) is 0 Å². The Morgan fingerprint density at radius 2 is 1.70 bits per heavy atom. The van der Waals surface area contributed by atoms with E-state index in [2.05, 4.69) is 36.6 Å². The molecule has 0 heterocycles. The zero-order chi connectivity index (χ0) is 14.9. The largest absolute Gasteiger partial charge is 0.508 e. The third-order valence-electron chi connectivity index (χ3n) is 2.55. The number of phenols is 1. The zero-order valence-electron chi connectivity index (χ0n) is 10.4. The SMILES string of the molecule is Cc1cc(Br)c(NS(=O)(=O)c2cccc(O)c2)c(Br)c1. The Kier molecular flexibility index (Phi) is 4.41. The van der Waals surface area contributed by atoms with Gasteiger partial charge in [0.1, 0.15) is 5.75 Å². The van der Waals surface area contributed by atoms with E-state index in [1.165, 1.54) is 24.3 Å². The number of benzene rings is 2. The smallest absolute Gasteiger partial charge is 0.262 e. The Morgan fingerprint density at radius 1 is 1.10 bits per heavy atom. The van der Waals surface area contributed by atoms with Crippen LogP contribution in [0.2, 0.25) is 0 Å². The van der Waals surface area contributed by atoms with Crippen LogP contribution in [-0.4, -0.2) is 13.5 Å². The Morgan fingerprint density at radius 3 is 2.25 bits per heavy atom. The predicted molar refractivity (Wildman–Crippen MR) is 85.5 cm³/mol. The Bertz CT molecular complexity index is 737. The summed E-state index contributed by atoms with van der Waals surface area (Å²) in [4.78, 5) is -0.00289. The quantitative estimate of drug-likeness (QED) is 0.787. The first-order chi connectivity index (χ1) is 9.29. The van der Waals surface area contributed by atoms with Gasteiger partial charge in [0.2, 0.25) is 0 Å². The number of aryl methyl sites for hydroxylation is 1. The summed E-state index contributed by atoms with van der Waals surface area (Å²) in [7, 11) is -3.76. The van der Waals surface area contributed by atoms with E-state index in [-0.39, 0.29) is 10.6 Å². The highest BCUT2D eigenvalue weighted by molar-refractivity contribution is 9.11. The monoisotopic (exact) mass is 419 g/mol. The van der Waals surface area contributed by atoms with Gasteiger partial charge in [-0.25, -0.2) is 8.42 Å². The van der Waals surface area contributed by atoms with Gasteiger partial charge in [-0.2, -0.15) is 0 Å². The molecule has 0 spiro atoms. The van der Waals surface area contributed by atoms with Crippen LogP contribution in [-0.2, 0) is 10.0 Å². The maximum Gasteiger partial charge on any atom is 0.262 e. The van der Waals surface area contributed by atoms with Crippen molar-refractivity contribution in [3.05, 3.63) is 50.9 Å². The molecule has 0 aromatic heterocycles. The number of anilines is 1. The minimum atomic E-state index is -3.76. The van der Waals surface area contributed by atoms with E-state index in [1.807, 2.05) is 19.1 Å². The average Bonchev–Trinajstić information content (AvgIpc) is 2.34. The number of nitrogens with one attached hydrogen (secondary N) is 1. The first-order valence-electron chi connectivity index (χ1n) is 5.57. The predicted octanol–water partition coefficient (Wildman–Crippen LogP) is 4.03. The van der Waals surface area contributed by atoms with E-state index in [1.54, 1.807) is 0 Å². The second kappa shape index (κ2) is 5.75. The van der Waals surface area contributed by atoms with Gasteiger partial charge in [-0.15, -0.1) is 0 Å². The summed E-state index contributed by atoms with van der Waals surface area (Å²) in [5.74, 6) is -0.102. The molecule has 2 rings (SSSR count). The van der Waals surface area contributed by atoms with Gasteiger partial charge in [0, 0.05) is 15.0 Å². The molecule has 2 N–H and O–H groups in total. The molecule has 0 aliphatic heterocycles. The molecule has 0 aliphatic carbocycles. The van der Waals surface area contributed by atoms with Crippen molar-refractivity contribution in [1.82, 2.24) is 0 Å². The summed E-state index contributed by atoms with van der Waals surface area (Å²) in [5, 5.41) is 9.38. The van der Waals surface area contributed by atoms with Crippen LogP contribution in [0.25, 0.3) is 0 Å². The third-order valence-corrected chi connectivity index (χ3v) is 5.15. The molecule has 7 heteroatoms. The molecule has 0 atom stereocenters. The van der Waals surface area contributed by atoms with E-state index in [0.717, 1.165) is 5.56 Å². The highest BCUT2D eigenvalue weighted by Crippen LogP contribution is 2.34. The first-order valence-corrected chi connectivity index (χ1v) is 8.64. The molecular formula is C13H11Br2NO3S. The number of phenolic OH excluding ortho intramolecular Hbond substituents is 1. The zero-order valence-corrected chi connectivity index (χ0v) is 14.4. The molecule has 106 valence electrons. The number of hydrogen-bond donors (Lipinski definition) is 2. The Hall–Kier alpha value is -1.05.